The number of nitrogens with zero attached hydrogens (tertiary/aromatic N) is 2. The van der Waals surface area contributed by atoms with Crippen LogP contribution in [0.5, 0.6) is 0 Å². The van der Waals surface area contributed by atoms with Crippen LogP contribution < -0.4 is 5.32 Å². The zero-order chi connectivity index (χ0) is 24.7. The van der Waals surface area contributed by atoms with Crippen molar-refractivity contribution in [1.82, 2.24) is 15.1 Å². The number of carboxylic acid groups (broad SMARTS) is 1. The molecule has 1 atom stereocenters. The molecule has 0 saturated carbocycles. The van der Waals surface area contributed by atoms with Gasteiger partial charge in [0.25, 0.3) is 5.91 Å². The third-order valence-corrected chi connectivity index (χ3v) is 5.79. The number of rotatable bonds is 11. The van der Waals surface area contributed by atoms with Gasteiger partial charge in [-0.25, -0.2) is 4.79 Å². The molecule has 2 aromatic rings. The summed E-state index contributed by atoms with van der Waals surface area (Å²) in [6.07, 6.45) is -1.70. The molecular formula is C25H31N3O6. The van der Waals surface area contributed by atoms with Crippen molar-refractivity contribution >= 4 is 18.0 Å². The van der Waals surface area contributed by atoms with Crippen LogP contribution in [-0.2, 0) is 19.1 Å². The Morgan fingerprint density at radius 2 is 1.59 bits per heavy atom. The molecule has 9 nitrogen and oxygen atoms in total. The van der Waals surface area contributed by atoms with Gasteiger partial charge in [0, 0.05) is 26.1 Å². The number of amides is 2. The smallest absolute Gasteiger partial charge is 0.407 e. The van der Waals surface area contributed by atoms with Crippen LogP contribution >= 0.6 is 0 Å². The van der Waals surface area contributed by atoms with Gasteiger partial charge < -0.3 is 29.7 Å². The summed E-state index contributed by atoms with van der Waals surface area (Å²) < 4.78 is 10.7. The van der Waals surface area contributed by atoms with Crippen LogP contribution in [0.25, 0.3) is 11.1 Å². The summed E-state index contributed by atoms with van der Waals surface area (Å²) in [4.78, 5) is 39.5. The van der Waals surface area contributed by atoms with Crippen LogP contribution in [0.2, 0.25) is 0 Å². The number of fused-ring (bicyclic) bond motifs is 3. The third-order valence-electron chi connectivity index (χ3n) is 5.79. The average Bonchev–Trinajstić information content (AvgIpc) is 3.14. The Bertz CT molecular complexity index is 980. The average molecular weight is 470 g/mol. The minimum atomic E-state index is -1.12. The van der Waals surface area contributed by atoms with Crippen LogP contribution in [0.4, 0.5) is 4.79 Å². The zero-order valence-electron chi connectivity index (χ0n) is 19.7. The monoisotopic (exact) mass is 469 g/mol. The summed E-state index contributed by atoms with van der Waals surface area (Å²) in [5.74, 6) is -1.70. The fraction of sp³-hybridized carbons (Fsp3) is 0.400. The van der Waals surface area contributed by atoms with Crippen LogP contribution in [-0.4, -0.2) is 93.0 Å². The lowest BCUT2D eigenvalue weighted by molar-refractivity contribution is -0.149. The number of aliphatic carboxylic acids is 1. The highest BCUT2D eigenvalue weighted by atomic mass is 16.5. The second-order valence-electron chi connectivity index (χ2n) is 8.39. The summed E-state index contributed by atoms with van der Waals surface area (Å²) in [5.41, 5.74) is 4.47. The summed E-state index contributed by atoms with van der Waals surface area (Å²) >= 11 is 0. The number of carbonyl (C=O) groups is 3. The first kappa shape index (κ1) is 25.2. The molecule has 1 unspecified atom stereocenters. The number of hydrogen-bond donors (Lipinski definition) is 2. The quantitative estimate of drug-likeness (QED) is 0.518. The maximum Gasteiger partial charge on any atom is 0.407 e. The van der Waals surface area contributed by atoms with Crippen molar-refractivity contribution in [1.29, 1.82) is 0 Å². The SMILES string of the molecule is COC(CNC(=O)OCC1c2ccccc2-c2ccccc21)C(=O)N(CCN(C)C)CC(=O)O. The molecule has 34 heavy (non-hydrogen) atoms. The molecule has 0 bridgehead atoms. The molecule has 0 saturated heterocycles. The number of likely N-dealkylation sites (N-methyl/N-ethyl adjacent to an activating group) is 1. The molecule has 1 aliphatic rings. The molecule has 2 N–H and O–H groups in total. The highest BCUT2D eigenvalue weighted by molar-refractivity contribution is 5.85. The predicted molar refractivity (Wildman–Crippen MR) is 127 cm³/mol. The number of hydrogen-bond acceptors (Lipinski definition) is 6. The van der Waals surface area contributed by atoms with Gasteiger partial charge >= 0.3 is 12.1 Å². The summed E-state index contributed by atoms with van der Waals surface area (Å²) in [6.45, 7) is 0.291. The van der Waals surface area contributed by atoms with E-state index in [0.29, 0.717) is 6.54 Å². The van der Waals surface area contributed by atoms with E-state index in [1.54, 1.807) is 0 Å². The van der Waals surface area contributed by atoms with E-state index in [-0.39, 0.29) is 25.6 Å². The first-order chi connectivity index (χ1) is 16.3. The molecule has 2 amide bonds. The first-order valence-electron chi connectivity index (χ1n) is 11.1. The van der Waals surface area contributed by atoms with Crippen molar-refractivity contribution in [3.05, 3.63) is 59.7 Å². The number of carboxylic acids is 1. The lowest BCUT2D eigenvalue weighted by atomic mass is 9.98. The van der Waals surface area contributed by atoms with Gasteiger partial charge in [-0.3, -0.25) is 9.59 Å². The fourth-order valence-electron chi connectivity index (χ4n) is 4.05. The van der Waals surface area contributed by atoms with Crippen LogP contribution in [0.1, 0.15) is 17.0 Å². The van der Waals surface area contributed by atoms with Crippen molar-refractivity contribution < 1.29 is 29.0 Å². The van der Waals surface area contributed by atoms with Crippen molar-refractivity contribution in [2.24, 2.45) is 0 Å². The molecule has 9 heteroatoms. The Morgan fingerprint density at radius 1 is 1.00 bits per heavy atom. The van der Waals surface area contributed by atoms with Gasteiger partial charge in [-0.1, -0.05) is 48.5 Å². The van der Waals surface area contributed by atoms with E-state index in [1.807, 2.05) is 55.4 Å². The Labute approximate surface area is 199 Å². The third kappa shape index (κ3) is 6.12. The Hall–Kier alpha value is -3.43. The van der Waals surface area contributed by atoms with Crippen molar-refractivity contribution in [2.75, 3.05) is 54.0 Å². The van der Waals surface area contributed by atoms with E-state index in [9.17, 15) is 14.4 Å². The zero-order valence-corrected chi connectivity index (χ0v) is 19.7. The molecule has 0 heterocycles. The number of benzene rings is 2. The van der Waals surface area contributed by atoms with Crippen molar-refractivity contribution in [3.8, 4) is 11.1 Å². The van der Waals surface area contributed by atoms with Crippen LogP contribution in [0, 0.1) is 0 Å². The summed E-state index contributed by atoms with van der Waals surface area (Å²) in [5, 5.41) is 11.7. The van der Waals surface area contributed by atoms with E-state index < -0.39 is 30.6 Å². The van der Waals surface area contributed by atoms with E-state index in [4.69, 9.17) is 14.6 Å². The first-order valence-corrected chi connectivity index (χ1v) is 11.1. The van der Waals surface area contributed by atoms with Crippen molar-refractivity contribution in [2.45, 2.75) is 12.0 Å². The van der Waals surface area contributed by atoms with E-state index >= 15 is 0 Å². The standard InChI is InChI=1S/C25H31N3O6/c1-27(2)12-13-28(15-23(29)30)24(31)22(33-3)14-26-25(32)34-16-21-19-10-6-4-8-17(19)18-9-5-7-11-20(18)21/h4-11,21-22H,12-16H2,1-3H3,(H,26,32)(H,29,30). The second-order valence-corrected chi connectivity index (χ2v) is 8.39. The number of ether oxygens (including phenoxy) is 2. The molecule has 0 spiro atoms. The Balaban J connectivity index is 1.57. The second kappa shape index (κ2) is 11.6. The molecule has 0 aromatic heterocycles. The molecule has 182 valence electrons. The van der Waals surface area contributed by atoms with Crippen molar-refractivity contribution in [3.63, 3.8) is 0 Å². The maximum absolute atomic E-state index is 12.8. The van der Waals surface area contributed by atoms with Crippen LogP contribution in [0.3, 0.4) is 0 Å². The minimum absolute atomic E-state index is 0.0740. The number of nitrogens with one attached hydrogen (secondary N) is 1. The van der Waals surface area contributed by atoms with E-state index in [1.165, 1.54) is 12.0 Å². The maximum atomic E-state index is 12.8. The van der Waals surface area contributed by atoms with E-state index in [0.717, 1.165) is 22.3 Å². The minimum Gasteiger partial charge on any atom is -0.480 e. The lowest BCUT2D eigenvalue weighted by Gasteiger charge is -2.26. The largest absolute Gasteiger partial charge is 0.480 e. The number of alkyl carbamates (subject to hydrolysis) is 1. The summed E-state index contributed by atoms with van der Waals surface area (Å²) in [6, 6.07) is 16.1. The molecular weight excluding hydrogens is 438 g/mol. The van der Waals surface area contributed by atoms with Crippen LogP contribution in [0.15, 0.2) is 48.5 Å². The molecule has 0 radical (unpaired) electrons. The van der Waals surface area contributed by atoms with Gasteiger partial charge in [0.05, 0.1) is 6.54 Å². The Kier molecular flexibility index (Phi) is 8.61. The predicted octanol–water partition coefficient (Wildman–Crippen LogP) is 2.01. The van der Waals surface area contributed by atoms with Gasteiger partial charge in [-0.15, -0.1) is 0 Å². The fourth-order valence-corrected chi connectivity index (χ4v) is 4.05. The number of methoxy groups -OCH3 is 1. The molecule has 0 fully saturated rings. The number of carbonyl (C=O) groups excluding carboxylic acids is 2. The highest BCUT2D eigenvalue weighted by Gasteiger charge is 2.30. The van der Waals surface area contributed by atoms with Gasteiger partial charge in [-0.2, -0.15) is 0 Å². The van der Waals surface area contributed by atoms with Gasteiger partial charge in [0.15, 0.2) is 6.10 Å². The van der Waals surface area contributed by atoms with Gasteiger partial charge in [0.2, 0.25) is 0 Å². The topological polar surface area (TPSA) is 108 Å². The van der Waals surface area contributed by atoms with Gasteiger partial charge in [0.1, 0.15) is 13.2 Å². The highest BCUT2D eigenvalue weighted by Crippen LogP contribution is 2.44. The normalized spacial score (nSPS) is 13.2. The molecule has 3 rings (SSSR count). The van der Waals surface area contributed by atoms with Gasteiger partial charge in [-0.05, 0) is 36.3 Å². The summed E-state index contributed by atoms with van der Waals surface area (Å²) in [7, 11) is 5.00. The molecule has 1 aliphatic carbocycles. The Morgan fingerprint density at radius 3 is 2.12 bits per heavy atom. The molecule has 0 aliphatic heterocycles. The lowest BCUT2D eigenvalue weighted by Crippen LogP contribution is -2.49. The van der Waals surface area contributed by atoms with E-state index in [2.05, 4.69) is 17.4 Å². The molecule has 2 aromatic carbocycles.